The molecule has 3 aliphatic heterocycles. The first-order valence-electron chi connectivity index (χ1n) is 11.4. The Bertz CT molecular complexity index is 1120. The number of nitrogens with one attached hydrogen (secondary N) is 3. The third-order valence-electron chi connectivity index (χ3n) is 6.72. The van der Waals surface area contributed by atoms with E-state index in [1.165, 1.54) is 23.9 Å². The van der Waals surface area contributed by atoms with E-state index < -0.39 is 0 Å². The van der Waals surface area contributed by atoms with E-state index in [2.05, 4.69) is 20.9 Å². The summed E-state index contributed by atoms with van der Waals surface area (Å²) in [6.45, 7) is 1.41. The lowest BCUT2D eigenvalue weighted by Crippen LogP contribution is -2.68. The predicted octanol–water partition coefficient (Wildman–Crippen LogP) is 2.82. The molecular weight excluding hydrogens is 458 g/mol. The zero-order chi connectivity index (χ0) is 23.7. The summed E-state index contributed by atoms with van der Waals surface area (Å²) >= 11 is 1.40. The van der Waals surface area contributed by atoms with Gasteiger partial charge in [-0.1, -0.05) is 36.4 Å². The van der Waals surface area contributed by atoms with E-state index in [4.69, 9.17) is 0 Å². The van der Waals surface area contributed by atoms with E-state index in [9.17, 15) is 18.4 Å². The summed E-state index contributed by atoms with van der Waals surface area (Å²) in [4.78, 5) is 27.5. The molecule has 0 aromatic heterocycles. The Labute approximate surface area is 201 Å². The number of thioether (sulfide) groups is 1. The molecule has 6 nitrogen and oxygen atoms in total. The molecule has 0 radical (unpaired) electrons. The highest BCUT2D eigenvalue weighted by Crippen LogP contribution is 2.39. The van der Waals surface area contributed by atoms with Gasteiger partial charge in [0.1, 0.15) is 23.2 Å². The SMILES string of the molecule is O=C(NCc1ccccc1F)C1CCN(C2NC(=O)C3SC=C(c4ccccc4F)C3N2)CC1. The normalized spacial score (nSPS) is 25.4. The maximum absolute atomic E-state index is 14.4. The van der Waals surface area contributed by atoms with Crippen LogP contribution in [0.4, 0.5) is 8.78 Å². The van der Waals surface area contributed by atoms with Gasteiger partial charge in [0.25, 0.3) is 0 Å². The van der Waals surface area contributed by atoms with Gasteiger partial charge in [0.2, 0.25) is 11.8 Å². The van der Waals surface area contributed by atoms with Crippen molar-refractivity contribution in [3.05, 3.63) is 76.7 Å². The number of carbonyl (C=O) groups excluding carboxylic acids is 2. The number of nitrogens with zero attached hydrogens (tertiary/aromatic N) is 1. The lowest BCUT2D eigenvalue weighted by Gasteiger charge is -2.43. The lowest BCUT2D eigenvalue weighted by molar-refractivity contribution is -0.129. The highest BCUT2D eigenvalue weighted by molar-refractivity contribution is 8.04. The average Bonchev–Trinajstić information content (AvgIpc) is 3.28. The van der Waals surface area contributed by atoms with Crippen molar-refractivity contribution in [1.29, 1.82) is 0 Å². The van der Waals surface area contributed by atoms with E-state index in [0.29, 0.717) is 37.1 Å². The average molecular weight is 485 g/mol. The quantitative estimate of drug-likeness (QED) is 0.609. The fourth-order valence-electron chi connectivity index (χ4n) is 4.79. The first kappa shape index (κ1) is 23.0. The second kappa shape index (κ2) is 9.85. The van der Waals surface area contributed by atoms with Crippen molar-refractivity contribution in [2.75, 3.05) is 13.1 Å². The van der Waals surface area contributed by atoms with Gasteiger partial charge in [-0.25, -0.2) is 8.78 Å². The maximum Gasteiger partial charge on any atom is 0.237 e. The van der Waals surface area contributed by atoms with Crippen LogP contribution in [-0.2, 0) is 16.1 Å². The fourth-order valence-corrected chi connectivity index (χ4v) is 5.93. The molecule has 3 heterocycles. The Hall–Kier alpha value is -2.75. The van der Waals surface area contributed by atoms with Crippen LogP contribution in [0.2, 0.25) is 0 Å². The Morgan fingerprint density at radius 2 is 1.76 bits per heavy atom. The molecule has 2 aromatic rings. The first-order valence-corrected chi connectivity index (χ1v) is 12.4. The summed E-state index contributed by atoms with van der Waals surface area (Å²) in [6.07, 6.45) is 0.886. The molecule has 5 rings (SSSR count). The minimum absolute atomic E-state index is 0.0777. The van der Waals surface area contributed by atoms with Crippen LogP contribution in [0.25, 0.3) is 5.57 Å². The Kier molecular flexibility index (Phi) is 6.67. The van der Waals surface area contributed by atoms with Crippen LogP contribution in [0.5, 0.6) is 0 Å². The minimum Gasteiger partial charge on any atom is -0.352 e. The van der Waals surface area contributed by atoms with Gasteiger partial charge in [0, 0.05) is 36.7 Å². The number of halogens is 2. The fraction of sp³-hybridized carbons (Fsp3) is 0.360. The second-order valence-electron chi connectivity index (χ2n) is 8.78. The third kappa shape index (κ3) is 4.60. The molecule has 2 fully saturated rings. The lowest BCUT2D eigenvalue weighted by atomic mass is 9.94. The Morgan fingerprint density at radius 3 is 2.50 bits per heavy atom. The van der Waals surface area contributed by atoms with Gasteiger partial charge < -0.3 is 10.6 Å². The molecule has 3 unspecified atom stereocenters. The Balaban J connectivity index is 1.18. The van der Waals surface area contributed by atoms with E-state index in [0.717, 1.165) is 5.57 Å². The zero-order valence-electron chi connectivity index (χ0n) is 18.5. The molecule has 3 aliphatic rings. The highest BCUT2D eigenvalue weighted by atomic mass is 32.2. The number of likely N-dealkylation sites (tertiary alicyclic amines) is 1. The number of piperidine rings is 1. The standard InChI is InChI=1S/C25H26F2N4O2S/c26-19-7-3-1-5-16(19)13-28-23(32)15-9-11-31(12-10-15)25-29-21-18(14-34-22(21)24(33)30-25)17-6-2-4-8-20(17)27/h1-8,14-15,21-22,25,29H,9-13H2,(H,28,32)(H,30,33). The summed E-state index contributed by atoms with van der Waals surface area (Å²) < 4.78 is 28.2. The molecule has 0 aliphatic carbocycles. The largest absolute Gasteiger partial charge is 0.352 e. The monoisotopic (exact) mass is 484 g/mol. The number of benzene rings is 2. The van der Waals surface area contributed by atoms with Crippen molar-refractivity contribution in [3.63, 3.8) is 0 Å². The molecule has 2 saturated heterocycles. The topological polar surface area (TPSA) is 73.5 Å². The van der Waals surface area contributed by atoms with Crippen LogP contribution in [0.1, 0.15) is 24.0 Å². The van der Waals surface area contributed by atoms with Crippen molar-refractivity contribution in [2.24, 2.45) is 5.92 Å². The van der Waals surface area contributed by atoms with Gasteiger partial charge in [0.15, 0.2) is 0 Å². The highest BCUT2D eigenvalue weighted by Gasteiger charge is 2.44. The first-order chi connectivity index (χ1) is 16.5. The van der Waals surface area contributed by atoms with Gasteiger partial charge >= 0.3 is 0 Å². The van der Waals surface area contributed by atoms with Gasteiger partial charge in [-0.3, -0.25) is 19.8 Å². The summed E-state index contributed by atoms with van der Waals surface area (Å²) in [5.74, 6) is -0.955. The molecule has 2 amide bonds. The zero-order valence-corrected chi connectivity index (χ0v) is 19.3. The molecule has 178 valence electrons. The van der Waals surface area contributed by atoms with Crippen molar-refractivity contribution in [3.8, 4) is 0 Å². The van der Waals surface area contributed by atoms with Crippen molar-refractivity contribution in [2.45, 2.75) is 37.0 Å². The molecule has 3 N–H and O–H groups in total. The number of hydrogen-bond donors (Lipinski definition) is 3. The summed E-state index contributed by atoms with van der Waals surface area (Å²) in [7, 11) is 0. The summed E-state index contributed by atoms with van der Waals surface area (Å²) in [5, 5.41) is 10.9. The van der Waals surface area contributed by atoms with Crippen LogP contribution in [0, 0.1) is 17.6 Å². The number of hydrogen-bond acceptors (Lipinski definition) is 5. The summed E-state index contributed by atoms with van der Waals surface area (Å²) in [5.41, 5.74) is 1.76. The van der Waals surface area contributed by atoms with Crippen LogP contribution < -0.4 is 16.0 Å². The maximum atomic E-state index is 14.4. The van der Waals surface area contributed by atoms with Gasteiger partial charge in [-0.05, 0) is 36.0 Å². The molecule has 0 spiro atoms. The Morgan fingerprint density at radius 1 is 1.06 bits per heavy atom. The van der Waals surface area contributed by atoms with E-state index in [1.54, 1.807) is 36.4 Å². The molecule has 9 heteroatoms. The van der Waals surface area contributed by atoms with E-state index in [-0.39, 0.29) is 53.5 Å². The molecule has 0 saturated carbocycles. The molecule has 2 aromatic carbocycles. The molecular formula is C25H26F2N4O2S. The number of rotatable bonds is 5. The summed E-state index contributed by atoms with van der Waals surface area (Å²) in [6, 6.07) is 12.7. The van der Waals surface area contributed by atoms with Gasteiger partial charge in [-0.15, -0.1) is 11.8 Å². The number of fused-ring (bicyclic) bond motifs is 1. The van der Waals surface area contributed by atoms with E-state index >= 15 is 0 Å². The van der Waals surface area contributed by atoms with Crippen molar-refractivity contribution in [1.82, 2.24) is 20.9 Å². The smallest absolute Gasteiger partial charge is 0.237 e. The van der Waals surface area contributed by atoms with Crippen LogP contribution >= 0.6 is 11.8 Å². The molecule has 34 heavy (non-hydrogen) atoms. The van der Waals surface area contributed by atoms with Crippen LogP contribution in [0.3, 0.4) is 0 Å². The number of amides is 2. The van der Waals surface area contributed by atoms with Crippen molar-refractivity contribution >= 4 is 29.1 Å². The van der Waals surface area contributed by atoms with E-state index in [1.807, 2.05) is 5.41 Å². The third-order valence-corrected chi connectivity index (χ3v) is 7.88. The van der Waals surface area contributed by atoms with Gasteiger partial charge in [-0.2, -0.15) is 0 Å². The molecule has 3 atom stereocenters. The van der Waals surface area contributed by atoms with Crippen LogP contribution in [-0.4, -0.2) is 47.4 Å². The van der Waals surface area contributed by atoms with Gasteiger partial charge in [0.05, 0.1) is 6.04 Å². The number of carbonyl (C=O) groups is 2. The minimum atomic E-state index is -0.384. The molecule has 0 bridgehead atoms. The van der Waals surface area contributed by atoms with Crippen LogP contribution in [0.15, 0.2) is 53.9 Å². The van der Waals surface area contributed by atoms with Crippen molar-refractivity contribution < 1.29 is 18.4 Å². The second-order valence-corrected chi connectivity index (χ2v) is 9.80. The predicted molar refractivity (Wildman–Crippen MR) is 127 cm³/mol.